The Hall–Kier alpha value is -2.85. The number of hydrogen-bond acceptors (Lipinski definition) is 6. The van der Waals surface area contributed by atoms with E-state index in [1.807, 2.05) is 67.6 Å². The Morgan fingerprint density at radius 1 is 0.973 bits per heavy atom. The van der Waals surface area contributed by atoms with Gasteiger partial charge in [0.25, 0.3) is 0 Å². The van der Waals surface area contributed by atoms with Crippen LogP contribution in [0.3, 0.4) is 0 Å². The number of carbonyl (C=O) groups is 2. The van der Waals surface area contributed by atoms with Crippen molar-refractivity contribution in [1.29, 1.82) is 0 Å². The molecule has 0 aliphatic carbocycles. The molecule has 0 spiro atoms. The first-order valence-electron chi connectivity index (χ1n) is 12.4. The Balaban J connectivity index is 2.30. The molecule has 0 fully saturated rings. The molecule has 37 heavy (non-hydrogen) atoms. The van der Waals surface area contributed by atoms with Crippen molar-refractivity contribution in [3.05, 3.63) is 71.8 Å². The second-order valence-corrected chi connectivity index (χ2v) is 9.35. The lowest BCUT2D eigenvalue weighted by Gasteiger charge is -2.37. The number of amides is 1. The standard InChI is InChI=1S/C28H38N2O6S/c1-20(22-11-7-4-8-12-22)26(24(28(32)33)18-25(29)31)23(17-21-9-5-3-6-10-21)27(37)30-13-14-35-19-36-16-15-34-2/h3-12,20,23-24,26H,13-19H2,1-2H3,(H2,29,31)(H,30,37)(H,32,33)/t20?,23-,24+,26?/m0/s1. The molecule has 202 valence electrons. The first-order valence-corrected chi connectivity index (χ1v) is 12.8. The van der Waals surface area contributed by atoms with Crippen LogP contribution >= 0.6 is 12.2 Å². The highest BCUT2D eigenvalue weighted by Crippen LogP contribution is 2.39. The number of hydrogen-bond donors (Lipinski definition) is 3. The largest absolute Gasteiger partial charge is 0.481 e. The van der Waals surface area contributed by atoms with E-state index in [0.717, 1.165) is 11.1 Å². The Morgan fingerprint density at radius 3 is 2.19 bits per heavy atom. The van der Waals surface area contributed by atoms with Crippen molar-refractivity contribution >= 4 is 29.1 Å². The molecule has 0 saturated carbocycles. The first kappa shape index (κ1) is 30.4. The molecule has 0 saturated heterocycles. The van der Waals surface area contributed by atoms with Gasteiger partial charge in [0, 0.05) is 26.0 Å². The molecule has 0 aliphatic heterocycles. The highest BCUT2D eigenvalue weighted by atomic mass is 32.1. The summed E-state index contributed by atoms with van der Waals surface area (Å²) in [7, 11) is 1.60. The zero-order chi connectivity index (χ0) is 27.0. The fraction of sp³-hybridized carbons (Fsp3) is 0.464. The Labute approximate surface area is 224 Å². The topological polar surface area (TPSA) is 120 Å². The van der Waals surface area contributed by atoms with Gasteiger partial charge in [-0.25, -0.2) is 0 Å². The summed E-state index contributed by atoms with van der Waals surface area (Å²) in [6, 6.07) is 19.5. The molecule has 1 amide bonds. The van der Waals surface area contributed by atoms with E-state index in [0.29, 0.717) is 37.8 Å². The van der Waals surface area contributed by atoms with E-state index < -0.39 is 23.7 Å². The molecule has 2 rings (SSSR count). The second-order valence-electron chi connectivity index (χ2n) is 8.91. The third kappa shape index (κ3) is 10.6. The van der Waals surface area contributed by atoms with Crippen molar-refractivity contribution in [3.63, 3.8) is 0 Å². The van der Waals surface area contributed by atoms with Crippen LogP contribution in [-0.4, -0.2) is 62.2 Å². The van der Waals surface area contributed by atoms with Gasteiger partial charge in [-0.15, -0.1) is 0 Å². The number of thiocarbonyl (C=S) groups is 1. The number of aliphatic carboxylic acids is 1. The smallest absolute Gasteiger partial charge is 0.307 e. The highest BCUT2D eigenvalue weighted by molar-refractivity contribution is 7.80. The van der Waals surface area contributed by atoms with Crippen LogP contribution in [0.5, 0.6) is 0 Å². The Bertz CT molecular complexity index is 960. The van der Waals surface area contributed by atoms with Crippen LogP contribution in [0, 0.1) is 17.8 Å². The molecule has 0 aromatic heterocycles. The number of nitrogens with two attached hydrogens (primary N) is 1. The van der Waals surface area contributed by atoms with E-state index in [9.17, 15) is 14.7 Å². The second kappa shape index (κ2) is 16.8. The summed E-state index contributed by atoms with van der Waals surface area (Å²) >= 11 is 5.85. The van der Waals surface area contributed by atoms with Gasteiger partial charge in [-0.05, 0) is 29.4 Å². The maximum Gasteiger partial charge on any atom is 0.307 e. The maximum absolute atomic E-state index is 12.5. The lowest BCUT2D eigenvalue weighted by molar-refractivity contribution is -0.146. The average Bonchev–Trinajstić information content (AvgIpc) is 2.89. The number of carboxylic acid groups (broad SMARTS) is 1. The molecule has 0 aliphatic rings. The molecule has 9 heteroatoms. The molecular weight excluding hydrogens is 492 g/mol. The van der Waals surface area contributed by atoms with Crippen molar-refractivity contribution < 1.29 is 28.9 Å². The maximum atomic E-state index is 12.5. The zero-order valence-electron chi connectivity index (χ0n) is 21.5. The number of carbonyl (C=O) groups excluding carboxylic acids is 1. The molecule has 0 bridgehead atoms. The van der Waals surface area contributed by atoms with Crippen LogP contribution in [0.25, 0.3) is 0 Å². The van der Waals surface area contributed by atoms with E-state index in [2.05, 4.69) is 5.32 Å². The van der Waals surface area contributed by atoms with Crippen molar-refractivity contribution in [2.24, 2.45) is 23.5 Å². The normalized spacial score (nSPS) is 14.3. The third-order valence-corrected chi connectivity index (χ3v) is 6.80. The number of ether oxygens (including phenoxy) is 3. The van der Waals surface area contributed by atoms with Gasteiger partial charge in [0.15, 0.2) is 0 Å². The molecule has 4 atom stereocenters. The fourth-order valence-corrected chi connectivity index (χ4v) is 4.87. The lowest BCUT2D eigenvalue weighted by Crippen LogP contribution is -2.44. The van der Waals surface area contributed by atoms with Gasteiger partial charge in [0.05, 0.1) is 30.7 Å². The van der Waals surface area contributed by atoms with Crippen molar-refractivity contribution in [3.8, 4) is 0 Å². The first-order chi connectivity index (χ1) is 17.8. The quantitative estimate of drug-likeness (QED) is 0.152. The Kier molecular flexibility index (Phi) is 13.8. The summed E-state index contributed by atoms with van der Waals surface area (Å²) < 4.78 is 15.7. The van der Waals surface area contributed by atoms with Gasteiger partial charge < -0.3 is 30.4 Å². The molecule has 0 heterocycles. The van der Waals surface area contributed by atoms with Gasteiger partial charge in [-0.2, -0.15) is 0 Å². The van der Waals surface area contributed by atoms with Gasteiger partial charge in [-0.3, -0.25) is 9.59 Å². The van der Waals surface area contributed by atoms with Gasteiger partial charge in [-0.1, -0.05) is 79.8 Å². The number of methoxy groups -OCH3 is 1. The number of rotatable bonds is 18. The Morgan fingerprint density at radius 2 is 1.59 bits per heavy atom. The molecule has 2 aromatic rings. The molecule has 4 N–H and O–H groups in total. The van der Waals surface area contributed by atoms with Crippen LogP contribution in [-0.2, 0) is 30.2 Å². The van der Waals surface area contributed by atoms with Crippen LogP contribution < -0.4 is 11.1 Å². The van der Waals surface area contributed by atoms with Gasteiger partial charge in [0.2, 0.25) is 5.91 Å². The average molecular weight is 531 g/mol. The summed E-state index contributed by atoms with van der Waals surface area (Å²) in [6.07, 6.45) is 0.241. The molecule has 8 nitrogen and oxygen atoms in total. The van der Waals surface area contributed by atoms with Gasteiger partial charge in [0.1, 0.15) is 6.79 Å². The fourth-order valence-electron chi connectivity index (χ4n) is 4.53. The SMILES string of the molecule is COCCOCOCCNC(=S)[C@@H](Cc1ccccc1)C(C(C)c1ccccc1)[C@@H](CC(N)=O)C(=O)O. The molecule has 2 aromatic carbocycles. The third-order valence-electron chi connectivity index (χ3n) is 6.35. The monoisotopic (exact) mass is 530 g/mol. The van der Waals surface area contributed by atoms with Crippen molar-refractivity contribution in [2.45, 2.75) is 25.7 Å². The summed E-state index contributed by atoms with van der Waals surface area (Å²) in [5.41, 5.74) is 7.50. The summed E-state index contributed by atoms with van der Waals surface area (Å²) in [6.45, 7) is 3.84. The van der Waals surface area contributed by atoms with Gasteiger partial charge >= 0.3 is 5.97 Å². The number of nitrogens with one attached hydrogen (secondary N) is 1. The van der Waals surface area contributed by atoms with Crippen LogP contribution in [0.15, 0.2) is 60.7 Å². The van der Waals surface area contributed by atoms with E-state index in [4.69, 9.17) is 32.2 Å². The zero-order valence-corrected chi connectivity index (χ0v) is 22.3. The minimum absolute atomic E-state index is 0.138. The van der Waals surface area contributed by atoms with Crippen LogP contribution in [0.1, 0.15) is 30.4 Å². The minimum Gasteiger partial charge on any atom is -0.481 e. The summed E-state index contributed by atoms with van der Waals surface area (Å²) in [5.74, 6) is -3.80. The van der Waals surface area contributed by atoms with E-state index in [1.54, 1.807) is 7.11 Å². The number of primary amides is 1. The van der Waals surface area contributed by atoms with E-state index >= 15 is 0 Å². The summed E-state index contributed by atoms with van der Waals surface area (Å²) in [4.78, 5) is 24.9. The summed E-state index contributed by atoms with van der Waals surface area (Å²) in [5, 5.41) is 13.5. The molecule has 2 unspecified atom stereocenters. The predicted molar refractivity (Wildman–Crippen MR) is 146 cm³/mol. The predicted octanol–water partition coefficient (Wildman–Crippen LogP) is 3.40. The van der Waals surface area contributed by atoms with E-state index in [-0.39, 0.29) is 25.0 Å². The number of benzene rings is 2. The van der Waals surface area contributed by atoms with Crippen LogP contribution in [0.4, 0.5) is 0 Å². The van der Waals surface area contributed by atoms with Crippen molar-refractivity contribution in [2.75, 3.05) is 40.3 Å². The lowest BCUT2D eigenvalue weighted by atomic mass is 9.68. The number of carboxylic acids is 1. The minimum atomic E-state index is -1.07. The molecular formula is C28H38N2O6S. The molecule has 0 radical (unpaired) electrons. The van der Waals surface area contributed by atoms with Crippen LogP contribution in [0.2, 0.25) is 0 Å². The van der Waals surface area contributed by atoms with Crippen molar-refractivity contribution in [1.82, 2.24) is 5.32 Å². The highest BCUT2D eigenvalue weighted by Gasteiger charge is 2.41. The van der Waals surface area contributed by atoms with E-state index in [1.165, 1.54) is 0 Å².